The normalized spacial score (nSPS) is 14.1. The number of carbonyl (C=O) groups excluding carboxylic acids is 1. The van der Waals surface area contributed by atoms with E-state index in [2.05, 4.69) is 4.72 Å². The van der Waals surface area contributed by atoms with E-state index in [0.717, 1.165) is 18.4 Å². The van der Waals surface area contributed by atoms with Crippen LogP contribution in [0.15, 0.2) is 59.5 Å². The number of rotatable bonds is 9. The second kappa shape index (κ2) is 8.65. The molecule has 1 N–H and O–H groups in total. The van der Waals surface area contributed by atoms with Crippen LogP contribution in [-0.2, 0) is 21.3 Å². The first-order valence-electron chi connectivity index (χ1n) is 8.95. The Morgan fingerprint density at radius 3 is 2.56 bits per heavy atom. The maximum Gasteiger partial charge on any atom is 0.254 e. The van der Waals surface area contributed by atoms with Gasteiger partial charge in [-0.1, -0.05) is 36.4 Å². The van der Waals surface area contributed by atoms with E-state index >= 15 is 0 Å². The van der Waals surface area contributed by atoms with Gasteiger partial charge < -0.3 is 9.64 Å². The molecule has 1 fully saturated rings. The van der Waals surface area contributed by atoms with Crippen molar-refractivity contribution in [2.75, 3.05) is 20.3 Å². The lowest BCUT2D eigenvalue weighted by molar-refractivity contribution is 0.0729. The summed E-state index contributed by atoms with van der Waals surface area (Å²) in [6, 6.07) is 16.2. The Balaban J connectivity index is 1.79. The maximum absolute atomic E-state index is 13.1. The van der Waals surface area contributed by atoms with Crippen LogP contribution in [0.2, 0.25) is 0 Å². The van der Waals surface area contributed by atoms with E-state index in [0.29, 0.717) is 12.1 Å². The van der Waals surface area contributed by atoms with E-state index in [1.807, 2.05) is 35.2 Å². The molecule has 0 radical (unpaired) electrons. The van der Waals surface area contributed by atoms with Crippen LogP contribution in [0.3, 0.4) is 0 Å². The minimum absolute atomic E-state index is 0.0833. The van der Waals surface area contributed by atoms with Crippen molar-refractivity contribution in [3.63, 3.8) is 0 Å². The lowest BCUT2D eigenvalue weighted by Crippen LogP contribution is -2.33. The van der Waals surface area contributed by atoms with Gasteiger partial charge in [0.05, 0.1) is 11.5 Å². The van der Waals surface area contributed by atoms with Gasteiger partial charge in [-0.15, -0.1) is 0 Å². The first kappa shape index (κ1) is 19.5. The van der Waals surface area contributed by atoms with Gasteiger partial charge in [-0.2, -0.15) is 0 Å². The van der Waals surface area contributed by atoms with Gasteiger partial charge in [-0.05, 0) is 36.6 Å². The second-order valence-corrected chi connectivity index (χ2v) is 8.34. The molecule has 0 aliphatic heterocycles. The summed E-state index contributed by atoms with van der Waals surface area (Å²) in [5.41, 5.74) is 1.44. The number of amides is 1. The third kappa shape index (κ3) is 5.15. The molecule has 3 rings (SSSR count). The van der Waals surface area contributed by atoms with Gasteiger partial charge in [0.2, 0.25) is 10.0 Å². The van der Waals surface area contributed by atoms with E-state index < -0.39 is 10.0 Å². The minimum Gasteiger partial charge on any atom is -0.383 e. The highest BCUT2D eigenvalue weighted by molar-refractivity contribution is 7.89. The molecule has 1 amide bonds. The number of methoxy groups -OCH3 is 1. The lowest BCUT2D eigenvalue weighted by atomic mass is 10.1. The molecule has 0 heterocycles. The Bertz CT molecular complexity index is 880. The van der Waals surface area contributed by atoms with Crippen LogP contribution in [0.1, 0.15) is 28.8 Å². The number of sulfonamides is 1. The molecule has 0 bridgehead atoms. The zero-order valence-corrected chi connectivity index (χ0v) is 16.1. The fourth-order valence-corrected chi connectivity index (χ4v) is 3.92. The Kier molecular flexibility index (Phi) is 6.26. The maximum atomic E-state index is 13.1. The Labute approximate surface area is 160 Å². The summed E-state index contributed by atoms with van der Waals surface area (Å²) in [4.78, 5) is 15.0. The van der Waals surface area contributed by atoms with Gasteiger partial charge in [0.25, 0.3) is 5.91 Å². The first-order chi connectivity index (χ1) is 13.0. The topological polar surface area (TPSA) is 75.7 Å². The van der Waals surface area contributed by atoms with E-state index in [1.165, 1.54) is 19.2 Å². The largest absolute Gasteiger partial charge is 0.383 e. The molecule has 144 valence electrons. The van der Waals surface area contributed by atoms with Crippen LogP contribution in [0.4, 0.5) is 0 Å². The predicted molar refractivity (Wildman–Crippen MR) is 103 cm³/mol. The van der Waals surface area contributed by atoms with Crippen molar-refractivity contribution >= 4 is 15.9 Å². The highest BCUT2D eigenvalue weighted by atomic mass is 32.2. The minimum atomic E-state index is -3.68. The summed E-state index contributed by atoms with van der Waals surface area (Å²) >= 11 is 0. The highest BCUT2D eigenvalue weighted by Gasteiger charge is 2.33. The predicted octanol–water partition coefficient (Wildman–Crippen LogP) is 2.42. The summed E-state index contributed by atoms with van der Waals surface area (Å²) in [5.74, 6) is -0.143. The van der Waals surface area contributed by atoms with Crippen molar-refractivity contribution in [1.82, 2.24) is 9.62 Å². The van der Waals surface area contributed by atoms with Gasteiger partial charge in [0.1, 0.15) is 0 Å². The van der Waals surface area contributed by atoms with E-state index in [9.17, 15) is 13.2 Å². The van der Waals surface area contributed by atoms with Gasteiger partial charge in [0, 0.05) is 31.8 Å². The summed E-state index contributed by atoms with van der Waals surface area (Å²) in [5, 5.41) is 0. The average molecular weight is 388 g/mol. The van der Waals surface area contributed by atoms with E-state index in [-0.39, 0.29) is 30.0 Å². The molecule has 1 aliphatic rings. The number of nitrogens with one attached hydrogen (secondary N) is 1. The van der Waals surface area contributed by atoms with Crippen molar-refractivity contribution in [3.8, 4) is 0 Å². The lowest BCUT2D eigenvalue weighted by Gasteiger charge is -2.23. The van der Waals surface area contributed by atoms with Gasteiger partial charge in [-0.3, -0.25) is 4.79 Å². The second-order valence-electron chi connectivity index (χ2n) is 6.57. The standard InChI is InChI=1S/C20H24N2O4S/c1-26-13-12-21-27(24,25)19-9-5-8-17(14-19)20(23)22(18-10-11-18)15-16-6-3-2-4-7-16/h2-9,14,18,21H,10-13,15H2,1H3. The number of hydrogen-bond acceptors (Lipinski definition) is 4. The van der Waals surface area contributed by atoms with Crippen molar-refractivity contribution in [2.45, 2.75) is 30.3 Å². The van der Waals surface area contributed by atoms with Gasteiger partial charge in [0.15, 0.2) is 0 Å². The molecule has 0 aromatic heterocycles. The smallest absolute Gasteiger partial charge is 0.254 e. The van der Waals surface area contributed by atoms with Gasteiger partial charge >= 0.3 is 0 Å². The fraction of sp³-hybridized carbons (Fsp3) is 0.350. The summed E-state index contributed by atoms with van der Waals surface area (Å²) in [6.07, 6.45) is 1.96. The van der Waals surface area contributed by atoms with Crippen molar-refractivity contribution in [1.29, 1.82) is 0 Å². The number of ether oxygens (including phenoxy) is 1. The van der Waals surface area contributed by atoms with Crippen LogP contribution >= 0.6 is 0 Å². The van der Waals surface area contributed by atoms with Gasteiger partial charge in [-0.25, -0.2) is 13.1 Å². The first-order valence-corrected chi connectivity index (χ1v) is 10.4. The fourth-order valence-electron chi connectivity index (χ4n) is 2.86. The molecule has 2 aromatic carbocycles. The zero-order valence-electron chi connectivity index (χ0n) is 15.3. The van der Waals surface area contributed by atoms with Crippen LogP contribution in [0.5, 0.6) is 0 Å². The third-order valence-electron chi connectivity index (χ3n) is 4.43. The Hall–Kier alpha value is -2.22. The zero-order chi connectivity index (χ0) is 19.3. The molecule has 2 aromatic rings. The third-order valence-corrected chi connectivity index (χ3v) is 5.89. The SMILES string of the molecule is COCCNS(=O)(=O)c1cccc(C(=O)N(Cc2ccccc2)C2CC2)c1. The molecular formula is C20H24N2O4S. The molecule has 0 spiro atoms. The molecule has 1 aliphatic carbocycles. The molecule has 7 heteroatoms. The Morgan fingerprint density at radius 1 is 1.15 bits per heavy atom. The number of benzene rings is 2. The number of nitrogens with zero attached hydrogens (tertiary/aromatic N) is 1. The van der Waals surface area contributed by atoms with Crippen LogP contribution in [-0.4, -0.2) is 45.5 Å². The van der Waals surface area contributed by atoms with Crippen LogP contribution < -0.4 is 4.72 Å². The number of carbonyl (C=O) groups is 1. The molecule has 0 unspecified atom stereocenters. The highest BCUT2D eigenvalue weighted by Crippen LogP contribution is 2.30. The molecule has 0 saturated heterocycles. The van der Waals surface area contributed by atoms with Crippen molar-refractivity contribution < 1.29 is 17.9 Å². The molecular weight excluding hydrogens is 364 g/mol. The van der Waals surface area contributed by atoms with Crippen molar-refractivity contribution in [3.05, 3.63) is 65.7 Å². The van der Waals surface area contributed by atoms with Crippen LogP contribution in [0.25, 0.3) is 0 Å². The number of hydrogen-bond donors (Lipinski definition) is 1. The summed E-state index contributed by atoms with van der Waals surface area (Å²) < 4.78 is 32.1. The monoisotopic (exact) mass is 388 g/mol. The molecule has 6 nitrogen and oxygen atoms in total. The van der Waals surface area contributed by atoms with E-state index in [4.69, 9.17) is 4.74 Å². The Morgan fingerprint density at radius 2 is 1.89 bits per heavy atom. The molecule has 27 heavy (non-hydrogen) atoms. The molecule has 1 saturated carbocycles. The summed E-state index contributed by atoms with van der Waals surface area (Å²) in [7, 11) is -2.17. The quantitative estimate of drug-likeness (QED) is 0.670. The molecule has 0 atom stereocenters. The average Bonchev–Trinajstić information content (AvgIpc) is 3.52. The van der Waals surface area contributed by atoms with Crippen LogP contribution in [0, 0.1) is 0 Å². The van der Waals surface area contributed by atoms with E-state index in [1.54, 1.807) is 12.1 Å². The summed E-state index contributed by atoms with van der Waals surface area (Å²) in [6.45, 7) is 0.983. The van der Waals surface area contributed by atoms with Crippen molar-refractivity contribution in [2.24, 2.45) is 0 Å².